The van der Waals surface area contributed by atoms with E-state index in [0.717, 1.165) is 16.0 Å². The normalized spacial score (nSPS) is 10.1. The van der Waals surface area contributed by atoms with Gasteiger partial charge in [0.1, 0.15) is 0 Å². The van der Waals surface area contributed by atoms with Crippen LogP contribution in [0.4, 0.5) is 0 Å². The number of ether oxygens (including phenoxy) is 1. The van der Waals surface area contributed by atoms with Gasteiger partial charge >= 0.3 is 5.97 Å². The largest absolute Gasteiger partial charge is 0.465 e. The van der Waals surface area contributed by atoms with Crippen molar-refractivity contribution in [3.05, 3.63) is 54.1 Å². The molecule has 0 N–H and O–H groups in total. The standard InChI is InChI=1S/C15H14O2S/c1-17-15(16)13-9-8-12(18-2)10-14(13)11-6-4-3-5-7-11/h3-10H,1-2H3. The van der Waals surface area contributed by atoms with Gasteiger partial charge in [0.25, 0.3) is 0 Å². The van der Waals surface area contributed by atoms with Crippen molar-refractivity contribution in [2.45, 2.75) is 4.90 Å². The van der Waals surface area contributed by atoms with Gasteiger partial charge in [-0.1, -0.05) is 30.3 Å². The van der Waals surface area contributed by atoms with Crippen molar-refractivity contribution in [3.8, 4) is 11.1 Å². The molecule has 0 spiro atoms. The van der Waals surface area contributed by atoms with Crippen LogP contribution in [0.3, 0.4) is 0 Å². The summed E-state index contributed by atoms with van der Waals surface area (Å²) < 4.78 is 4.83. The van der Waals surface area contributed by atoms with Gasteiger partial charge in [-0.05, 0) is 35.6 Å². The molecule has 0 unspecified atom stereocenters. The lowest BCUT2D eigenvalue weighted by molar-refractivity contribution is 0.0601. The molecule has 0 atom stereocenters. The molecule has 18 heavy (non-hydrogen) atoms. The van der Waals surface area contributed by atoms with Crippen molar-refractivity contribution in [1.29, 1.82) is 0 Å². The Morgan fingerprint density at radius 2 is 1.83 bits per heavy atom. The van der Waals surface area contributed by atoms with Crippen LogP contribution in [-0.4, -0.2) is 19.3 Å². The van der Waals surface area contributed by atoms with Gasteiger partial charge in [0.05, 0.1) is 12.7 Å². The summed E-state index contributed by atoms with van der Waals surface area (Å²) in [5.74, 6) is -0.304. The molecule has 2 rings (SSSR count). The molecule has 3 heteroatoms. The van der Waals surface area contributed by atoms with Gasteiger partial charge in [-0.2, -0.15) is 0 Å². The van der Waals surface area contributed by atoms with Crippen LogP contribution in [-0.2, 0) is 4.74 Å². The van der Waals surface area contributed by atoms with Crippen molar-refractivity contribution in [2.75, 3.05) is 13.4 Å². The van der Waals surface area contributed by atoms with Crippen LogP contribution in [0.5, 0.6) is 0 Å². The Kier molecular flexibility index (Phi) is 4.05. The zero-order valence-corrected chi connectivity index (χ0v) is 11.2. The molecule has 0 saturated heterocycles. The summed E-state index contributed by atoms with van der Waals surface area (Å²) in [7, 11) is 1.40. The lowest BCUT2D eigenvalue weighted by atomic mass is 10.00. The molecule has 0 saturated carbocycles. The smallest absolute Gasteiger partial charge is 0.338 e. The second-order valence-electron chi connectivity index (χ2n) is 3.77. The highest BCUT2D eigenvalue weighted by atomic mass is 32.2. The quantitative estimate of drug-likeness (QED) is 0.617. The molecule has 0 fully saturated rings. The van der Waals surface area contributed by atoms with Gasteiger partial charge in [0.2, 0.25) is 0 Å². The van der Waals surface area contributed by atoms with Gasteiger partial charge in [-0.3, -0.25) is 0 Å². The molecule has 0 heterocycles. The van der Waals surface area contributed by atoms with E-state index in [1.54, 1.807) is 11.8 Å². The minimum Gasteiger partial charge on any atom is -0.465 e. The average Bonchev–Trinajstić information content (AvgIpc) is 2.46. The average molecular weight is 258 g/mol. The van der Waals surface area contributed by atoms with Crippen molar-refractivity contribution < 1.29 is 9.53 Å². The first-order valence-electron chi connectivity index (χ1n) is 5.58. The Bertz CT molecular complexity index is 550. The highest BCUT2D eigenvalue weighted by Crippen LogP contribution is 2.28. The number of methoxy groups -OCH3 is 1. The number of thioether (sulfide) groups is 1. The van der Waals surface area contributed by atoms with E-state index in [0.29, 0.717) is 5.56 Å². The van der Waals surface area contributed by atoms with Crippen LogP contribution < -0.4 is 0 Å². The summed E-state index contributed by atoms with van der Waals surface area (Å²) in [4.78, 5) is 12.9. The maximum absolute atomic E-state index is 11.8. The van der Waals surface area contributed by atoms with Gasteiger partial charge in [0, 0.05) is 4.90 Å². The number of esters is 1. The topological polar surface area (TPSA) is 26.3 Å². The van der Waals surface area contributed by atoms with Crippen LogP contribution in [0.2, 0.25) is 0 Å². The number of hydrogen-bond donors (Lipinski definition) is 0. The number of rotatable bonds is 3. The summed E-state index contributed by atoms with van der Waals surface area (Å²) in [6.45, 7) is 0. The number of hydrogen-bond acceptors (Lipinski definition) is 3. The van der Waals surface area contributed by atoms with Crippen molar-refractivity contribution in [1.82, 2.24) is 0 Å². The van der Waals surface area contributed by atoms with Gasteiger partial charge < -0.3 is 4.74 Å². The van der Waals surface area contributed by atoms with Gasteiger partial charge in [-0.15, -0.1) is 11.8 Å². The fourth-order valence-corrected chi connectivity index (χ4v) is 2.23. The Morgan fingerprint density at radius 1 is 1.11 bits per heavy atom. The van der Waals surface area contributed by atoms with E-state index in [9.17, 15) is 4.79 Å². The summed E-state index contributed by atoms with van der Waals surface area (Å²) in [5, 5.41) is 0. The highest BCUT2D eigenvalue weighted by Gasteiger charge is 2.13. The SMILES string of the molecule is COC(=O)c1ccc(SC)cc1-c1ccccc1. The Morgan fingerprint density at radius 3 is 2.44 bits per heavy atom. The third-order valence-corrected chi connectivity index (χ3v) is 3.44. The van der Waals surface area contributed by atoms with Crippen molar-refractivity contribution >= 4 is 17.7 Å². The summed E-state index contributed by atoms with van der Waals surface area (Å²) in [6.07, 6.45) is 2.02. The van der Waals surface area contributed by atoms with E-state index in [4.69, 9.17) is 4.74 Å². The summed E-state index contributed by atoms with van der Waals surface area (Å²) in [6, 6.07) is 15.6. The van der Waals surface area contributed by atoms with Crippen LogP contribution in [0.25, 0.3) is 11.1 Å². The zero-order valence-electron chi connectivity index (χ0n) is 10.3. The maximum Gasteiger partial charge on any atom is 0.338 e. The molecule has 0 radical (unpaired) electrons. The van der Waals surface area contributed by atoms with E-state index in [1.165, 1.54) is 7.11 Å². The fraction of sp³-hybridized carbons (Fsp3) is 0.133. The Hall–Kier alpha value is -1.74. The molecular formula is C15H14O2S. The molecule has 0 aliphatic heterocycles. The second-order valence-corrected chi connectivity index (χ2v) is 4.65. The predicted molar refractivity (Wildman–Crippen MR) is 75.0 cm³/mol. The lowest BCUT2D eigenvalue weighted by Gasteiger charge is -2.09. The van der Waals surface area contributed by atoms with Crippen LogP contribution in [0, 0.1) is 0 Å². The first-order chi connectivity index (χ1) is 8.76. The summed E-state index contributed by atoms with van der Waals surface area (Å²) >= 11 is 1.65. The monoisotopic (exact) mass is 258 g/mol. The lowest BCUT2D eigenvalue weighted by Crippen LogP contribution is -2.03. The second kappa shape index (κ2) is 5.74. The molecule has 0 bridgehead atoms. The number of carbonyl (C=O) groups is 1. The molecule has 2 nitrogen and oxygen atoms in total. The third kappa shape index (κ3) is 2.57. The first kappa shape index (κ1) is 12.7. The van der Waals surface area contributed by atoms with Crippen LogP contribution in [0.1, 0.15) is 10.4 Å². The molecule has 2 aromatic rings. The minimum absolute atomic E-state index is 0.304. The third-order valence-electron chi connectivity index (χ3n) is 2.72. The maximum atomic E-state index is 11.8. The highest BCUT2D eigenvalue weighted by molar-refractivity contribution is 7.98. The van der Waals surface area contributed by atoms with Crippen LogP contribution >= 0.6 is 11.8 Å². The fourth-order valence-electron chi connectivity index (χ4n) is 1.79. The Balaban J connectivity index is 2.58. The molecule has 0 aliphatic carbocycles. The predicted octanol–water partition coefficient (Wildman–Crippen LogP) is 3.86. The van der Waals surface area contributed by atoms with Crippen LogP contribution in [0.15, 0.2) is 53.4 Å². The van der Waals surface area contributed by atoms with E-state index in [-0.39, 0.29) is 5.97 Å². The van der Waals surface area contributed by atoms with Gasteiger partial charge in [-0.25, -0.2) is 4.79 Å². The zero-order chi connectivity index (χ0) is 13.0. The number of benzene rings is 2. The van der Waals surface area contributed by atoms with Crippen molar-refractivity contribution in [3.63, 3.8) is 0 Å². The van der Waals surface area contributed by atoms with E-state index >= 15 is 0 Å². The first-order valence-corrected chi connectivity index (χ1v) is 6.80. The molecule has 92 valence electrons. The molecule has 0 aliphatic rings. The number of carbonyl (C=O) groups excluding carboxylic acids is 1. The van der Waals surface area contributed by atoms with E-state index in [1.807, 2.05) is 54.8 Å². The molecule has 0 amide bonds. The minimum atomic E-state index is -0.304. The Labute approximate surface area is 111 Å². The molecule has 2 aromatic carbocycles. The molecular weight excluding hydrogens is 244 g/mol. The molecule has 0 aromatic heterocycles. The van der Waals surface area contributed by atoms with E-state index < -0.39 is 0 Å². The van der Waals surface area contributed by atoms with Crippen molar-refractivity contribution in [2.24, 2.45) is 0 Å². The van der Waals surface area contributed by atoms with E-state index in [2.05, 4.69) is 0 Å². The summed E-state index contributed by atoms with van der Waals surface area (Å²) in [5.41, 5.74) is 2.53. The van der Waals surface area contributed by atoms with Gasteiger partial charge in [0.15, 0.2) is 0 Å².